The Morgan fingerprint density at radius 1 is 1.08 bits per heavy atom. The highest BCUT2D eigenvalue weighted by molar-refractivity contribution is 4.96. The van der Waals surface area contributed by atoms with Crippen LogP contribution in [-0.4, -0.2) is 57.4 Å². The van der Waals surface area contributed by atoms with Gasteiger partial charge >= 0.3 is 0 Å². The molecule has 0 unspecified atom stereocenters. The Hall–Kier alpha value is -0.200. The molecule has 72 valence electrons. The molecule has 1 fully saturated rings. The van der Waals surface area contributed by atoms with Gasteiger partial charge in [-0.25, -0.2) is 0 Å². The first-order chi connectivity index (χ1) is 5.57. The fourth-order valence-electron chi connectivity index (χ4n) is 1.43. The molecule has 1 saturated heterocycles. The number of piperidine rings is 1. The molecular weight excluding hydrogens is 162 g/mol. The van der Waals surface area contributed by atoms with Crippen molar-refractivity contribution < 1.29 is 20.4 Å². The average Bonchev–Trinajstić information content (AvgIpc) is 2.08. The second kappa shape index (κ2) is 3.68. The lowest BCUT2D eigenvalue weighted by molar-refractivity contribution is -0.116. The number of aliphatic hydroxyl groups excluding tert-OH is 4. The van der Waals surface area contributed by atoms with Gasteiger partial charge in [-0.2, -0.15) is 0 Å². The van der Waals surface area contributed by atoms with Crippen LogP contribution in [0.4, 0.5) is 0 Å². The van der Waals surface area contributed by atoms with E-state index in [4.69, 9.17) is 5.11 Å². The molecule has 0 aliphatic carbocycles. The van der Waals surface area contributed by atoms with Crippen LogP contribution < -0.4 is 5.32 Å². The van der Waals surface area contributed by atoms with Crippen LogP contribution in [0.5, 0.6) is 0 Å². The zero-order valence-corrected chi connectivity index (χ0v) is 6.88. The Labute approximate surface area is 70.6 Å². The van der Waals surface area contributed by atoms with Crippen molar-refractivity contribution in [3.63, 3.8) is 0 Å². The van der Waals surface area contributed by atoms with Gasteiger partial charge in [0.1, 0.15) is 6.10 Å². The molecule has 0 radical (unpaired) electrons. The maximum absolute atomic E-state index is 9.29. The van der Waals surface area contributed by atoms with E-state index in [2.05, 4.69) is 5.32 Å². The minimum absolute atomic E-state index is 0.255. The van der Waals surface area contributed by atoms with Crippen LogP contribution in [0.1, 0.15) is 6.92 Å². The van der Waals surface area contributed by atoms with E-state index in [1.807, 2.05) is 0 Å². The third kappa shape index (κ3) is 1.60. The van der Waals surface area contributed by atoms with Crippen LogP contribution >= 0.6 is 0 Å². The molecule has 1 rings (SSSR count). The van der Waals surface area contributed by atoms with Crippen molar-refractivity contribution in [2.45, 2.75) is 37.3 Å². The fourth-order valence-corrected chi connectivity index (χ4v) is 1.43. The van der Waals surface area contributed by atoms with Crippen molar-refractivity contribution in [2.75, 3.05) is 6.61 Å². The van der Waals surface area contributed by atoms with Crippen molar-refractivity contribution in [2.24, 2.45) is 0 Å². The summed E-state index contributed by atoms with van der Waals surface area (Å²) in [6.07, 6.45) is -3.28. The SMILES string of the molecule is C[C@H]1N[C@H](CO)[C@@H](O)[C@@H](O)[C@@H]1O. The average molecular weight is 177 g/mol. The van der Waals surface area contributed by atoms with Crippen LogP contribution in [-0.2, 0) is 0 Å². The quantitative estimate of drug-likeness (QED) is 0.303. The first kappa shape index (κ1) is 9.88. The summed E-state index contributed by atoms with van der Waals surface area (Å²) in [6, 6.07) is -0.876. The van der Waals surface area contributed by atoms with E-state index in [9.17, 15) is 15.3 Å². The molecule has 5 heteroatoms. The number of hydrogen-bond acceptors (Lipinski definition) is 5. The Balaban J connectivity index is 2.63. The van der Waals surface area contributed by atoms with Gasteiger partial charge in [0.2, 0.25) is 0 Å². The second-order valence-electron chi connectivity index (χ2n) is 3.22. The smallest absolute Gasteiger partial charge is 0.109 e. The van der Waals surface area contributed by atoms with Gasteiger partial charge in [-0.15, -0.1) is 0 Å². The lowest BCUT2D eigenvalue weighted by atomic mass is 9.91. The van der Waals surface area contributed by atoms with Crippen molar-refractivity contribution in [1.82, 2.24) is 5.32 Å². The third-order valence-electron chi connectivity index (χ3n) is 2.30. The Kier molecular flexibility index (Phi) is 3.03. The van der Waals surface area contributed by atoms with Gasteiger partial charge in [0.25, 0.3) is 0 Å². The normalized spacial score (nSPS) is 49.2. The first-order valence-corrected chi connectivity index (χ1v) is 3.99. The zero-order valence-electron chi connectivity index (χ0n) is 6.88. The molecule has 0 spiro atoms. The van der Waals surface area contributed by atoms with Gasteiger partial charge in [-0.1, -0.05) is 0 Å². The standard InChI is InChI=1S/C7H15NO4/c1-3-5(10)7(12)6(11)4(2-9)8-3/h3-12H,2H2,1H3/t3-,4-,5-,6-,7+/m1/s1. The lowest BCUT2D eigenvalue weighted by Gasteiger charge is -2.39. The van der Waals surface area contributed by atoms with Crippen molar-refractivity contribution in [3.8, 4) is 0 Å². The highest BCUT2D eigenvalue weighted by atomic mass is 16.4. The molecule has 5 N–H and O–H groups in total. The van der Waals surface area contributed by atoms with Gasteiger partial charge in [-0.3, -0.25) is 0 Å². The van der Waals surface area contributed by atoms with Gasteiger partial charge in [0.15, 0.2) is 0 Å². The summed E-state index contributed by atoms with van der Waals surface area (Å²) in [5, 5.41) is 39.4. The largest absolute Gasteiger partial charge is 0.395 e. The fraction of sp³-hybridized carbons (Fsp3) is 1.00. The van der Waals surface area contributed by atoms with Crippen LogP contribution in [0.25, 0.3) is 0 Å². The van der Waals surface area contributed by atoms with Gasteiger partial charge < -0.3 is 25.7 Å². The molecule has 5 nitrogen and oxygen atoms in total. The van der Waals surface area contributed by atoms with Crippen LogP contribution in [0.2, 0.25) is 0 Å². The summed E-state index contributed by atoms with van der Waals surface area (Å²) in [6.45, 7) is 1.43. The minimum Gasteiger partial charge on any atom is -0.395 e. The molecular formula is C7H15NO4. The van der Waals surface area contributed by atoms with Crippen LogP contribution in [0, 0.1) is 0 Å². The van der Waals surface area contributed by atoms with Gasteiger partial charge in [0, 0.05) is 6.04 Å². The molecule has 0 aromatic heterocycles. The van der Waals surface area contributed by atoms with E-state index >= 15 is 0 Å². The Morgan fingerprint density at radius 2 is 1.67 bits per heavy atom. The first-order valence-electron chi connectivity index (χ1n) is 3.99. The van der Waals surface area contributed by atoms with Gasteiger partial charge in [0.05, 0.1) is 24.9 Å². The molecule has 0 bridgehead atoms. The summed E-state index contributed by atoms with van der Waals surface area (Å²) >= 11 is 0. The molecule has 1 aliphatic heterocycles. The molecule has 12 heavy (non-hydrogen) atoms. The molecule has 1 aliphatic rings. The maximum atomic E-state index is 9.29. The third-order valence-corrected chi connectivity index (χ3v) is 2.30. The minimum atomic E-state index is -1.18. The van der Waals surface area contributed by atoms with Gasteiger partial charge in [-0.05, 0) is 6.92 Å². The van der Waals surface area contributed by atoms with E-state index in [1.54, 1.807) is 6.92 Å². The maximum Gasteiger partial charge on any atom is 0.109 e. The number of nitrogens with one attached hydrogen (secondary N) is 1. The summed E-state index contributed by atoms with van der Waals surface area (Å²) in [7, 11) is 0. The summed E-state index contributed by atoms with van der Waals surface area (Å²) in [5.41, 5.74) is 0. The molecule has 0 saturated carbocycles. The van der Waals surface area contributed by atoms with Crippen LogP contribution in [0.15, 0.2) is 0 Å². The number of hydrogen-bond donors (Lipinski definition) is 5. The van der Waals surface area contributed by atoms with E-state index < -0.39 is 24.4 Å². The molecule has 0 aromatic carbocycles. The van der Waals surface area contributed by atoms with E-state index in [1.165, 1.54) is 0 Å². The molecule has 0 amide bonds. The predicted octanol–water partition coefficient (Wildman–Crippen LogP) is -2.58. The van der Waals surface area contributed by atoms with Crippen molar-refractivity contribution in [1.29, 1.82) is 0 Å². The van der Waals surface area contributed by atoms with E-state index in [0.29, 0.717) is 0 Å². The van der Waals surface area contributed by atoms with E-state index in [0.717, 1.165) is 0 Å². The number of rotatable bonds is 1. The number of aliphatic hydroxyl groups is 4. The highest BCUT2D eigenvalue weighted by Crippen LogP contribution is 2.14. The molecule has 1 heterocycles. The van der Waals surface area contributed by atoms with Crippen molar-refractivity contribution >= 4 is 0 Å². The van der Waals surface area contributed by atoms with Crippen LogP contribution in [0.3, 0.4) is 0 Å². The summed E-state index contributed by atoms with van der Waals surface area (Å²) < 4.78 is 0. The highest BCUT2D eigenvalue weighted by Gasteiger charge is 2.39. The second-order valence-corrected chi connectivity index (χ2v) is 3.22. The molecule has 5 atom stereocenters. The predicted molar refractivity (Wildman–Crippen MR) is 41.5 cm³/mol. The van der Waals surface area contributed by atoms with E-state index in [-0.39, 0.29) is 12.6 Å². The lowest BCUT2D eigenvalue weighted by Crippen LogP contribution is -2.64. The Morgan fingerprint density at radius 3 is 2.17 bits per heavy atom. The summed E-state index contributed by atoms with van der Waals surface area (Å²) in [5.74, 6) is 0. The topological polar surface area (TPSA) is 93.0 Å². The summed E-state index contributed by atoms with van der Waals surface area (Å²) in [4.78, 5) is 0. The Bertz CT molecular complexity index is 150. The van der Waals surface area contributed by atoms with Crippen molar-refractivity contribution in [3.05, 3.63) is 0 Å². The molecule has 0 aromatic rings. The monoisotopic (exact) mass is 177 g/mol. The zero-order chi connectivity index (χ0) is 9.30.